The largest absolute Gasteiger partial charge is 0.354 e. The molecule has 5 rings (SSSR count). The molecule has 0 spiro atoms. The third kappa shape index (κ3) is 3.16. The number of hydrazine groups is 2. The lowest BCUT2D eigenvalue weighted by Crippen LogP contribution is -2.46. The number of carbonyl (C=O) groups is 1. The minimum atomic E-state index is -0.170. The molecule has 140 valence electrons. The van der Waals surface area contributed by atoms with E-state index in [9.17, 15) is 4.79 Å². The number of amides is 1. The third-order valence-corrected chi connectivity index (χ3v) is 5.78. The summed E-state index contributed by atoms with van der Waals surface area (Å²) in [6.07, 6.45) is 0. The molecular weight excluding hydrogens is 342 g/mol. The number of nitrogens with zero attached hydrogens (tertiary/aromatic N) is 4. The Morgan fingerprint density at radius 2 is 1.74 bits per heavy atom. The van der Waals surface area contributed by atoms with Crippen molar-refractivity contribution >= 4 is 11.7 Å². The molecule has 27 heavy (non-hydrogen) atoms. The molecule has 3 aliphatic rings. The molecule has 8 nitrogen and oxygen atoms in total. The fourth-order valence-electron chi connectivity index (χ4n) is 4.33. The minimum Gasteiger partial charge on any atom is -0.354 e. The number of anilines is 1. The van der Waals surface area contributed by atoms with E-state index in [2.05, 4.69) is 37.6 Å². The van der Waals surface area contributed by atoms with Gasteiger partial charge < -0.3 is 9.80 Å². The number of fused-ring (bicyclic) bond motifs is 1. The Balaban J connectivity index is 1.22. The summed E-state index contributed by atoms with van der Waals surface area (Å²) < 4.78 is 0. The Hall–Kier alpha value is -2.55. The number of aromatic nitrogens is 2. The molecule has 4 heterocycles. The maximum Gasteiger partial charge on any atom is 0.242 e. The van der Waals surface area contributed by atoms with Crippen molar-refractivity contribution in [1.82, 2.24) is 31.5 Å². The number of hydrogen-bond donors (Lipinski definition) is 3. The molecule has 3 atom stereocenters. The van der Waals surface area contributed by atoms with Crippen LogP contribution in [0, 0.1) is 11.8 Å². The van der Waals surface area contributed by atoms with Crippen molar-refractivity contribution in [2.45, 2.75) is 6.04 Å². The number of benzene rings is 1. The van der Waals surface area contributed by atoms with Gasteiger partial charge in [-0.05, 0) is 12.1 Å². The van der Waals surface area contributed by atoms with Crippen LogP contribution < -0.4 is 21.3 Å². The van der Waals surface area contributed by atoms with Crippen molar-refractivity contribution in [3.8, 4) is 11.3 Å². The van der Waals surface area contributed by atoms with Crippen molar-refractivity contribution < 1.29 is 4.79 Å². The normalized spacial score (nSPS) is 27.2. The Morgan fingerprint density at radius 3 is 2.37 bits per heavy atom. The summed E-state index contributed by atoms with van der Waals surface area (Å²) in [6, 6.07) is 14.0. The van der Waals surface area contributed by atoms with Crippen LogP contribution in [-0.4, -0.2) is 59.8 Å². The third-order valence-electron chi connectivity index (χ3n) is 5.78. The second-order valence-electron chi connectivity index (χ2n) is 7.51. The second kappa shape index (κ2) is 6.88. The van der Waals surface area contributed by atoms with Gasteiger partial charge in [-0.25, -0.2) is 10.9 Å². The highest BCUT2D eigenvalue weighted by Crippen LogP contribution is 2.33. The van der Waals surface area contributed by atoms with Crippen LogP contribution in [0.15, 0.2) is 42.5 Å². The molecule has 3 aliphatic heterocycles. The fourth-order valence-corrected chi connectivity index (χ4v) is 4.33. The van der Waals surface area contributed by atoms with E-state index in [1.807, 2.05) is 41.3 Å². The van der Waals surface area contributed by atoms with Gasteiger partial charge in [0.05, 0.1) is 5.69 Å². The van der Waals surface area contributed by atoms with Crippen molar-refractivity contribution in [1.29, 1.82) is 0 Å². The number of likely N-dealkylation sites (tertiary alicyclic amines) is 1. The first-order valence-electron chi connectivity index (χ1n) is 9.44. The summed E-state index contributed by atoms with van der Waals surface area (Å²) in [7, 11) is 0. The molecule has 0 aliphatic carbocycles. The van der Waals surface area contributed by atoms with E-state index >= 15 is 0 Å². The van der Waals surface area contributed by atoms with Crippen LogP contribution in [0.3, 0.4) is 0 Å². The molecule has 0 bridgehead atoms. The molecule has 3 unspecified atom stereocenters. The van der Waals surface area contributed by atoms with Crippen molar-refractivity contribution in [2.24, 2.45) is 11.8 Å². The first-order chi connectivity index (χ1) is 13.3. The van der Waals surface area contributed by atoms with Gasteiger partial charge >= 0.3 is 0 Å². The number of hydrogen-bond acceptors (Lipinski definition) is 7. The number of nitrogens with one attached hydrogen (secondary N) is 3. The highest BCUT2D eigenvalue weighted by Gasteiger charge is 2.43. The van der Waals surface area contributed by atoms with Crippen LogP contribution in [0.1, 0.15) is 0 Å². The van der Waals surface area contributed by atoms with Crippen LogP contribution >= 0.6 is 0 Å². The van der Waals surface area contributed by atoms with Gasteiger partial charge in [-0.3, -0.25) is 4.79 Å². The molecule has 1 aromatic carbocycles. The van der Waals surface area contributed by atoms with Gasteiger partial charge in [0.15, 0.2) is 5.82 Å². The number of carbonyl (C=O) groups excluding carboxylic acids is 1. The van der Waals surface area contributed by atoms with E-state index in [1.54, 1.807) is 0 Å². The summed E-state index contributed by atoms with van der Waals surface area (Å²) in [5, 5.41) is 8.85. The second-order valence-corrected chi connectivity index (χ2v) is 7.51. The molecule has 1 amide bonds. The van der Waals surface area contributed by atoms with Gasteiger partial charge in [0, 0.05) is 50.1 Å². The van der Waals surface area contributed by atoms with Gasteiger partial charge in [-0.2, -0.15) is 5.53 Å². The molecule has 2 aromatic rings. The lowest BCUT2D eigenvalue weighted by Gasteiger charge is -2.24. The molecular formula is C19H23N7O. The van der Waals surface area contributed by atoms with Gasteiger partial charge in [-0.15, -0.1) is 10.2 Å². The molecule has 0 radical (unpaired) electrons. The average molecular weight is 365 g/mol. The van der Waals surface area contributed by atoms with Crippen LogP contribution in [-0.2, 0) is 4.79 Å². The van der Waals surface area contributed by atoms with Crippen molar-refractivity contribution in [3.63, 3.8) is 0 Å². The molecule has 1 aromatic heterocycles. The van der Waals surface area contributed by atoms with Crippen molar-refractivity contribution in [2.75, 3.05) is 37.6 Å². The quantitative estimate of drug-likeness (QED) is 0.707. The van der Waals surface area contributed by atoms with Crippen molar-refractivity contribution in [3.05, 3.63) is 42.5 Å². The van der Waals surface area contributed by atoms with Gasteiger partial charge in [-0.1, -0.05) is 30.3 Å². The fraction of sp³-hybridized carbons (Fsp3) is 0.421. The summed E-state index contributed by atoms with van der Waals surface area (Å²) in [5.41, 5.74) is 10.7. The summed E-state index contributed by atoms with van der Waals surface area (Å²) in [4.78, 5) is 16.9. The maximum atomic E-state index is 12.5. The highest BCUT2D eigenvalue weighted by atomic mass is 16.2. The smallest absolute Gasteiger partial charge is 0.242 e. The zero-order valence-corrected chi connectivity index (χ0v) is 15.0. The van der Waals surface area contributed by atoms with Gasteiger partial charge in [0.1, 0.15) is 6.04 Å². The van der Waals surface area contributed by atoms with Gasteiger partial charge in [0.2, 0.25) is 5.91 Å². The topological polar surface area (TPSA) is 85.4 Å². The van der Waals surface area contributed by atoms with Crippen LogP contribution in [0.25, 0.3) is 11.3 Å². The Morgan fingerprint density at radius 1 is 0.963 bits per heavy atom. The Kier molecular flexibility index (Phi) is 4.23. The lowest BCUT2D eigenvalue weighted by molar-refractivity contribution is -0.132. The highest BCUT2D eigenvalue weighted by molar-refractivity contribution is 5.82. The average Bonchev–Trinajstić information content (AvgIpc) is 3.44. The van der Waals surface area contributed by atoms with E-state index in [4.69, 9.17) is 0 Å². The van der Waals surface area contributed by atoms with E-state index in [-0.39, 0.29) is 11.9 Å². The van der Waals surface area contributed by atoms with Crippen LogP contribution in [0.5, 0.6) is 0 Å². The SMILES string of the molecule is O=C(C1CNNN1)N1CC2CN(c3ccc(-c4ccccc4)nn3)CC2C1. The zero-order valence-electron chi connectivity index (χ0n) is 15.0. The molecule has 3 N–H and O–H groups in total. The predicted octanol–water partition coefficient (Wildman–Crippen LogP) is 0.0192. The maximum absolute atomic E-state index is 12.5. The van der Waals surface area contributed by atoms with E-state index < -0.39 is 0 Å². The van der Waals surface area contributed by atoms with E-state index in [0.717, 1.165) is 43.3 Å². The number of rotatable bonds is 3. The summed E-state index contributed by atoms with van der Waals surface area (Å²) in [6.45, 7) is 4.15. The molecule has 3 fully saturated rings. The van der Waals surface area contributed by atoms with Gasteiger partial charge in [0.25, 0.3) is 0 Å². The van der Waals surface area contributed by atoms with Crippen LogP contribution in [0.4, 0.5) is 5.82 Å². The first kappa shape index (κ1) is 16.6. The zero-order chi connectivity index (χ0) is 18.2. The van der Waals surface area contributed by atoms with E-state index in [1.165, 1.54) is 0 Å². The summed E-state index contributed by atoms with van der Waals surface area (Å²) in [5.74, 6) is 2.12. The first-order valence-corrected chi connectivity index (χ1v) is 9.44. The monoisotopic (exact) mass is 365 g/mol. The molecule has 8 heteroatoms. The minimum absolute atomic E-state index is 0.170. The lowest BCUT2D eigenvalue weighted by atomic mass is 10.0. The predicted molar refractivity (Wildman–Crippen MR) is 101 cm³/mol. The molecule has 3 saturated heterocycles. The molecule has 0 saturated carbocycles. The summed E-state index contributed by atoms with van der Waals surface area (Å²) >= 11 is 0. The standard InChI is InChI=1S/C19H23N7O/c27-19(17-8-20-24-22-17)26-11-14-9-25(10-15(14)12-26)18-7-6-16(21-23-18)13-4-2-1-3-5-13/h1-7,14-15,17,20,22,24H,8-12H2. The van der Waals surface area contributed by atoms with E-state index in [0.29, 0.717) is 18.4 Å². The van der Waals surface area contributed by atoms with Crippen LogP contribution in [0.2, 0.25) is 0 Å². The Bertz CT molecular complexity index is 793. The Labute approximate surface area is 157 Å².